The van der Waals surface area contributed by atoms with Crippen LogP contribution in [0, 0.1) is 0 Å². The predicted octanol–water partition coefficient (Wildman–Crippen LogP) is 5.36. The van der Waals surface area contributed by atoms with Crippen LogP contribution < -0.4 is 10.6 Å². The van der Waals surface area contributed by atoms with E-state index in [0.29, 0.717) is 6.54 Å². The number of rotatable bonds is 6. The minimum atomic E-state index is -2.86. The predicted molar refractivity (Wildman–Crippen MR) is 114 cm³/mol. The maximum absolute atomic E-state index is 14.7. The fourth-order valence-electron chi connectivity index (χ4n) is 3.39. The Morgan fingerprint density at radius 3 is 2.00 bits per heavy atom. The molecule has 0 bridgehead atoms. The number of aromatic nitrogens is 1. The van der Waals surface area contributed by atoms with Crippen molar-refractivity contribution in [2.45, 2.75) is 38.3 Å². The van der Waals surface area contributed by atoms with Crippen molar-refractivity contribution in [2.24, 2.45) is 0 Å². The third kappa shape index (κ3) is 4.21. The first-order chi connectivity index (χ1) is 12.9. The summed E-state index contributed by atoms with van der Waals surface area (Å²) in [4.78, 5) is 4.15. The molecule has 2 atom stereocenters. The number of hydrogen-bond donors (Lipinski definition) is 1. The van der Waals surface area contributed by atoms with E-state index >= 15 is 0 Å². The summed E-state index contributed by atoms with van der Waals surface area (Å²) in [5.74, 6) is -0.289. The molecule has 1 N–H and O–H groups in total. The van der Waals surface area contributed by atoms with Crippen LogP contribution in [0.2, 0.25) is 0 Å². The molecule has 2 aromatic carbocycles. The number of nitrogens with zero attached hydrogens (tertiary/aromatic N) is 1. The van der Waals surface area contributed by atoms with Gasteiger partial charge in [0.1, 0.15) is 7.14 Å². The molecule has 0 aliphatic rings. The van der Waals surface area contributed by atoms with E-state index in [9.17, 15) is 4.57 Å². The van der Waals surface area contributed by atoms with Crippen LogP contribution in [0.15, 0.2) is 85.2 Å². The maximum Gasteiger partial charge on any atom is 0.141 e. The Morgan fingerprint density at radius 2 is 1.44 bits per heavy atom. The number of pyridine rings is 1. The smallest absolute Gasteiger partial charge is 0.141 e. The standard InChI is InChI=1S/C23H27N2OP/c1-23(2,3)27(26,21-12-8-5-9-13-21)22(20-14-16-24-17-15-20)25-18-19-10-6-4-7-11-19/h4-17,22,25H,18H2,1-3H3/t22-,27?/m0/s1. The number of nitrogens with one attached hydrogen (secondary N) is 1. The van der Waals surface area contributed by atoms with Gasteiger partial charge in [-0.25, -0.2) is 0 Å². The summed E-state index contributed by atoms with van der Waals surface area (Å²) in [6.45, 7) is 6.86. The van der Waals surface area contributed by atoms with Crippen LogP contribution in [-0.2, 0) is 11.1 Å². The van der Waals surface area contributed by atoms with E-state index in [2.05, 4.69) is 43.2 Å². The van der Waals surface area contributed by atoms with E-state index in [1.54, 1.807) is 12.4 Å². The first kappa shape index (κ1) is 19.5. The summed E-state index contributed by atoms with van der Waals surface area (Å²) in [5.41, 5.74) is 2.17. The molecule has 0 aliphatic heterocycles. The van der Waals surface area contributed by atoms with Crippen molar-refractivity contribution in [1.82, 2.24) is 10.3 Å². The third-order valence-corrected chi connectivity index (χ3v) is 9.13. The second-order valence-electron chi connectivity index (χ2n) is 7.71. The molecule has 0 radical (unpaired) electrons. The minimum Gasteiger partial charge on any atom is -0.316 e. The van der Waals surface area contributed by atoms with E-state index in [4.69, 9.17) is 0 Å². The zero-order valence-corrected chi connectivity index (χ0v) is 17.1. The molecule has 1 unspecified atom stereocenters. The molecule has 0 saturated carbocycles. The van der Waals surface area contributed by atoms with Crippen molar-refractivity contribution in [3.63, 3.8) is 0 Å². The summed E-state index contributed by atoms with van der Waals surface area (Å²) >= 11 is 0. The molecule has 4 heteroatoms. The molecule has 3 nitrogen and oxygen atoms in total. The van der Waals surface area contributed by atoms with E-state index in [1.807, 2.05) is 60.7 Å². The Kier molecular flexibility index (Phi) is 5.94. The summed E-state index contributed by atoms with van der Waals surface area (Å²) in [5, 5.41) is 4.11. The van der Waals surface area contributed by atoms with Gasteiger partial charge < -0.3 is 4.57 Å². The Morgan fingerprint density at radius 1 is 0.889 bits per heavy atom. The van der Waals surface area contributed by atoms with E-state index in [0.717, 1.165) is 10.9 Å². The fraction of sp³-hybridized carbons (Fsp3) is 0.261. The van der Waals surface area contributed by atoms with Crippen molar-refractivity contribution in [3.05, 3.63) is 96.3 Å². The topological polar surface area (TPSA) is 42.0 Å². The summed E-state index contributed by atoms with van der Waals surface area (Å²) in [7, 11) is -2.86. The highest BCUT2D eigenvalue weighted by Crippen LogP contribution is 2.65. The lowest BCUT2D eigenvalue weighted by molar-refractivity contribution is 0.525. The molecular formula is C23H27N2OP. The first-order valence-electron chi connectivity index (χ1n) is 9.25. The van der Waals surface area contributed by atoms with Crippen LogP contribution in [-0.4, -0.2) is 10.1 Å². The lowest BCUT2D eigenvalue weighted by Crippen LogP contribution is -2.34. The highest BCUT2D eigenvalue weighted by molar-refractivity contribution is 7.73. The van der Waals surface area contributed by atoms with E-state index < -0.39 is 12.3 Å². The van der Waals surface area contributed by atoms with Gasteiger partial charge >= 0.3 is 0 Å². The molecule has 0 amide bonds. The average Bonchev–Trinajstić information content (AvgIpc) is 2.69. The van der Waals surface area contributed by atoms with Crippen molar-refractivity contribution < 1.29 is 4.57 Å². The lowest BCUT2D eigenvalue weighted by atomic mass is 10.2. The molecule has 3 aromatic rings. The van der Waals surface area contributed by atoms with Crippen molar-refractivity contribution in [1.29, 1.82) is 0 Å². The van der Waals surface area contributed by atoms with Crippen LogP contribution in [0.5, 0.6) is 0 Å². The second-order valence-corrected chi connectivity index (χ2v) is 11.4. The highest BCUT2D eigenvalue weighted by Gasteiger charge is 2.45. The maximum atomic E-state index is 14.7. The largest absolute Gasteiger partial charge is 0.316 e. The molecule has 0 fully saturated rings. The molecule has 0 aliphatic carbocycles. The SMILES string of the molecule is CC(C)(C)P(=O)(c1ccccc1)[C@H](NCc1ccccc1)c1ccncc1. The summed E-state index contributed by atoms with van der Waals surface area (Å²) in [6, 6.07) is 24.0. The molecule has 1 heterocycles. The molecule has 27 heavy (non-hydrogen) atoms. The summed E-state index contributed by atoms with van der Waals surface area (Å²) < 4.78 is 14.7. The van der Waals surface area contributed by atoms with Crippen molar-refractivity contribution in [3.8, 4) is 0 Å². The molecule has 0 spiro atoms. The zero-order valence-electron chi connectivity index (χ0n) is 16.2. The first-order valence-corrected chi connectivity index (χ1v) is 11.0. The highest BCUT2D eigenvalue weighted by atomic mass is 31.2. The van der Waals surface area contributed by atoms with Gasteiger partial charge in [-0.05, 0) is 23.3 Å². The van der Waals surface area contributed by atoms with Crippen LogP contribution in [0.4, 0.5) is 0 Å². The Balaban J connectivity index is 2.07. The van der Waals surface area contributed by atoms with Crippen molar-refractivity contribution in [2.75, 3.05) is 0 Å². The van der Waals surface area contributed by atoms with Gasteiger partial charge in [0, 0.05) is 29.4 Å². The van der Waals surface area contributed by atoms with Crippen LogP contribution in [0.3, 0.4) is 0 Å². The van der Waals surface area contributed by atoms with Gasteiger partial charge in [0.05, 0.1) is 5.78 Å². The lowest BCUT2D eigenvalue weighted by Gasteiger charge is -2.38. The molecule has 3 rings (SSSR count). The normalized spacial score (nSPS) is 15.1. The van der Waals surface area contributed by atoms with Gasteiger partial charge in [-0.2, -0.15) is 0 Å². The monoisotopic (exact) mass is 378 g/mol. The van der Waals surface area contributed by atoms with E-state index in [-0.39, 0.29) is 5.78 Å². The zero-order chi connectivity index (χ0) is 19.3. The van der Waals surface area contributed by atoms with Gasteiger partial charge in [-0.1, -0.05) is 81.4 Å². The van der Waals surface area contributed by atoms with Gasteiger partial charge in [-0.15, -0.1) is 0 Å². The summed E-state index contributed by atoms with van der Waals surface area (Å²) in [6.07, 6.45) is 3.54. The number of benzene rings is 2. The van der Waals surface area contributed by atoms with Gasteiger partial charge in [0.2, 0.25) is 0 Å². The quantitative estimate of drug-likeness (QED) is 0.587. The van der Waals surface area contributed by atoms with Gasteiger partial charge in [0.25, 0.3) is 0 Å². The average molecular weight is 378 g/mol. The van der Waals surface area contributed by atoms with Crippen molar-refractivity contribution >= 4 is 12.4 Å². The van der Waals surface area contributed by atoms with Gasteiger partial charge in [-0.3, -0.25) is 10.3 Å². The molecule has 1 aromatic heterocycles. The van der Waals surface area contributed by atoms with Crippen LogP contribution >= 0.6 is 7.14 Å². The Bertz CT molecular complexity index is 890. The van der Waals surface area contributed by atoms with E-state index in [1.165, 1.54) is 5.56 Å². The van der Waals surface area contributed by atoms with Crippen LogP contribution in [0.25, 0.3) is 0 Å². The Labute approximate surface area is 162 Å². The van der Waals surface area contributed by atoms with Crippen LogP contribution in [0.1, 0.15) is 37.7 Å². The number of hydrogen-bond acceptors (Lipinski definition) is 3. The second kappa shape index (κ2) is 8.21. The fourth-order valence-corrected chi connectivity index (χ4v) is 6.79. The minimum absolute atomic E-state index is 0.289. The third-order valence-electron chi connectivity index (χ3n) is 4.86. The molecule has 0 saturated heterocycles. The molecular weight excluding hydrogens is 351 g/mol. The molecule has 140 valence electrons. The van der Waals surface area contributed by atoms with Gasteiger partial charge in [0.15, 0.2) is 0 Å². The Hall–Kier alpha value is -2.22.